The van der Waals surface area contributed by atoms with Crippen LogP contribution in [0.15, 0.2) is 59.7 Å². The summed E-state index contributed by atoms with van der Waals surface area (Å²) in [6.07, 6.45) is 3.22. The summed E-state index contributed by atoms with van der Waals surface area (Å²) in [5.41, 5.74) is 1.51. The summed E-state index contributed by atoms with van der Waals surface area (Å²) in [4.78, 5) is 19.5. The van der Waals surface area contributed by atoms with E-state index in [1.807, 2.05) is 6.07 Å². The molecule has 0 spiro atoms. The molecule has 23 heavy (non-hydrogen) atoms. The Balaban J connectivity index is 1.80. The molecule has 0 radical (unpaired) electrons. The summed E-state index contributed by atoms with van der Waals surface area (Å²) < 4.78 is 0. The van der Waals surface area contributed by atoms with Crippen LogP contribution in [0.4, 0.5) is 10.8 Å². The van der Waals surface area contributed by atoms with E-state index in [0.29, 0.717) is 10.7 Å². The number of thiazole rings is 1. The molecule has 0 aliphatic carbocycles. The maximum atomic E-state index is 10.7. The Labute approximate surface area is 135 Å². The fourth-order valence-corrected chi connectivity index (χ4v) is 2.69. The highest BCUT2D eigenvalue weighted by atomic mass is 32.1. The van der Waals surface area contributed by atoms with Gasteiger partial charge in [0.25, 0.3) is 5.69 Å². The first-order chi connectivity index (χ1) is 11.1. The van der Waals surface area contributed by atoms with Crippen molar-refractivity contribution in [3.63, 3.8) is 0 Å². The Kier molecular flexibility index (Phi) is 4.11. The zero-order chi connectivity index (χ0) is 16.2. The van der Waals surface area contributed by atoms with Gasteiger partial charge in [-0.2, -0.15) is 0 Å². The van der Waals surface area contributed by atoms with Crippen LogP contribution in [0, 0.1) is 10.1 Å². The largest absolute Gasteiger partial charge is 0.507 e. The lowest BCUT2D eigenvalue weighted by Crippen LogP contribution is -1.86. The van der Waals surface area contributed by atoms with Crippen molar-refractivity contribution in [3.05, 3.63) is 70.4 Å². The van der Waals surface area contributed by atoms with Gasteiger partial charge in [-0.05, 0) is 29.8 Å². The zero-order valence-corrected chi connectivity index (χ0v) is 12.6. The maximum absolute atomic E-state index is 10.7. The monoisotopic (exact) mass is 325 g/mol. The molecule has 0 saturated heterocycles. The van der Waals surface area contributed by atoms with E-state index in [9.17, 15) is 15.2 Å². The summed E-state index contributed by atoms with van der Waals surface area (Å²) in [7, 11) is 0. The van der Waals surface area contributed by atoms with E-state index in [-0.39, 0.29) is 11.4 Å². The number of nitrogens with zero attached hydrogens (tertiary/aromatic N) is 3. The number of aliphatic imine (C=N–C) groups is 1. The number of aromatic nitrogens is 1. The van der Waals surface area contributed by atoms with Crippen LogP contribution in [0.3, 0.4) is 0 Å². The highest BCUT2D eigenvalue weighted by Crippen LogP contribution is 2.31. The lowest BCUT2D eigenvalue weighted by molar-refractivity contribution is -0.384. The maximum Gasteiger partial charge on any atom is 0.269 e. The number of benzene rings is 2. The van der Waals surface area contributed by atoms with Gasteiger partial charge in [0.05, 0.1) is 9.80 Å². The van der Waals surface area contributed by atoms with Gasteiger partial charge in [0.1, 0.15) is 5.75 Å². The molecular weight excluding hydrogens is 314 g/mol. The minimum atomic E-state index is -0.432. The smallest absolute Gasteiger partial charge is 0.269 e. The predicted octanol–water partition coefficient (Wildman–Crippen LogP) is 4.17. The lowest BCUT2D eigenvalue weighted by Gasteiger charge is -1.96. The van der Waals surface area contributed by atoms with Crippen molar-refractivity contribution in [1.82, 2.24) is 4.98 Å². The van der Waals surface area contributed by atoms with Crippen molar-refractivity contribution in [2.75, 3.05) is 0 Å². The third-order valence-electron chi connectivity index (χ3n) is 3.11. The molecule has 7 heteroatoms. The first kappa shape index (κ1) is 14.9. The molecule has 6 nitrogen and oxygen atoms in total. The molecule has 0 aliphatic rings. The molecule has 114 valence electrons. The third-order valence-corrected chi connectivity index (χ3v) is 4.06. The summed E-state index contributed by atoms with van der Waals surface area (Å²) >= 11 is 1.36. The van der Waals surface area contributed by atoms with Crippen LogP contribution in [-0.4, -0.2) is 21.2 Å². The van der Waals surface area contributed by atoms with Gasteiger partial charge >= 0.3 is 0 Å². The summed E-state index contributed by atoms with van der Waals surface area (Å²) in [6.45, 7) is 0. The number of nitro benzene ring substituents is 1. The van der Waals surface area contributed by atoms with Crippen LogP contribution in [0.5, 0.6) is 5.75 Å². The van der Waals surface area contributed by atoms with E-state index in [4.69, 9.17) is 0 Å². The van der Waals surface area contributed by atoms with Gasteiger partial charge in [0.15, 0.2) is 0 Å². The Hall–Kier alpha value is -3.06. The Morgan fingerprint density at radius 1 is 1.17 bits per heavy atom. The topological polar surface area (TPSA) is 88.6 Å². The third kappa shape index (κ3) is 3.41. The minimum Gasteiger partial charge on any atom is -0.507 e. The summed E-state index contributed by atoms with van der Waals surface area (Å²) in [5, 5.41) is 20.9. The van der Waals surface area contributed by atoms with E-state index in [1.165, 1.54) is 23.5 Å². The number of rotatable bonds is 4. The van der Waals surface area contributed by atoms with E-state index < -0.39 is 4.92 Å². The molecule has 0 amide bonds. The Morgan fingerprint density at radius 3 is 2.61 bits per heavy atom. The number of phenolic OH excluding ortho intramolecular Hbond substituents is 1. The van der Waals surface area contributed by atoms with Crippen LogP contribution >= 0.6 is 11.3 Å². The van der Waals surface area contributed by atoms with Crippen molar-refractivity contribution < 1.29 is 10.0 Å². The number of non-ortho nitro benzene ring substituents is 1. The lowest BCUT2D eigenvalue weighted by atomic mass is 10.2. The molecule has 3 aromatic rings. The quantitative estimate of drug-likeness (QED) is 0.443. The number of aromatic hydroxyl groups is 1. The SMILES string of the molecule is O=[N+]([O-])c1ccc(-c2cnc(N=Cc3ccccc3O)s2)cc1. The molecule has 1 heterocycles. The highest BCUT2D eigenvalue weighted by molar-refractivity contribution is 7.18. The normalized spacial score (nSPS) is 11.0. The standard InChI is InChI=1S/C16H11N3O3S/c20-14-4-2-1-3-12(14)9-17-16-18-10-15(23-16)11-5-7-13(8-6-11)19(21)22/h1-10,20H. The highest BCUT2D eigenvalue weighted by Gasteiger charge is 2.07. The molecular formula is C16H11N3O3S. The van der Waals surface area contributed by atoms with Gasteiger partial charge in [-0.1, -0.05) is 23.5 Å². The number of para-hydroxylation sites is 1. The molecule has 2 aromatic carbocycles. The number of hydrogen-bond donors (Lipinski definition) is 1. The van der Waals surface area contributed by atoms with Crippen LogP contribution in [-0.2, 0) is 0 Å². The zero-order valence-electron chi connectivity index (χ0n) is 11.8. The number of hydrogen-bond acceptors (Lipinski definition) is 6. The van der Waals surface area contributed by atoms with Gasteiger partial charge in [-0.15, -0.1) is 0 Å². The van der Waals surface area contributed by atoms with Crippen LogP contribution in [0.1, 0.15) is 5.56 Å². The molecule has 0 unspecified atom stereocenters. The second-order valence-corrected chi connectivity index (χ2v) is 5.64. The van der Waals surface area contributed by atoms with Crippen LogP contribution in [0.25, 0.3) is 10.4 Å². The van der Waals surface area contributed by atoms with Crippen molar-refractivity contribution in [1.29, 1.82) is 0 Å². The molecule has 0 bridgehead atoms. The van der Waals surface area contributed by atoms with E-state index in [0.717, 1.165) is 10.4 Å². The molecule has 0 aliphatic heterocycles. The van der Waals surface area contributed by atoms with Gasteiger partial charge in [0, 0.05) is 30.1 Å². The second-order valence-electron chi connectivity index (χ2n) is 4.63. The van der Waals surface area contributed by atoms with E-state index in [2.05, 4.69) is 9.98 Å². The predicted molar refractivity (Wildman–Crippen MR) is 89.6 cm³/mol. The molecule has 1 aromatic heterocycles. The minimum absolute atomic E-state index is 0.0519. The Morgan fingerprint density at radius 2 is 1.91 bits per heavy atom. The van der Waals surface area contributed by atoms with Gasteiger partial charge in [-0.25, -0.2) is 9.98 Å². The fourth-order valence-electron chi connectivity index (χ4n) is 1.93. The molecule has 3 rings (SSSR count). The van der Waals surface area contributed by atoms with E-state index in [1.54, 1.807) is 42.7 Å². The van der Waals surface area contributed by atoms with Gasteiger partial charge in [-0.3, -0.25) is 10.1 Å². The number of phenols is 1. The first-order valence-electron chi connectivity index (χ1n) is 6.66. The van der Waals surface area contributed by atoms with Crippen LogP contribution in [0.2, 0.25) is 0 Å². The molecule has 0 saturated carbocycles. The van der Waals surface area contributed by atoms with Crippen LogP contribution < -0.4 is 0 Å². The van der Waals surface area contributed by atoms with Crippen molar-refractivity contribution in [2.45, 2.75) is 0 Å². The average molecular weight is 325 g/mol. The van der Waals surface area contributed by atoms with E-state index >= 15 is 0 Å². The molecule has 0 fully saturated rings. The molecule has 1 N–H and O–H groups in total. The molecule has 0 atom stereocenters. The number of nitro groups is 1. The Bertz CT molecular complexity index is 872. The van der Waals surface area contributed by atoms with Gasteiger partial charge < -0.3 is 5.11 Å². The summed E-state index contributed by atoms with van der Waals surface area (Å²) in [6, 6.07) is 13.2. The second kappa shape index (κ2) is 6.37. The van der Waals surface area contributed by atoms with Crippen molar-refractivity contribution in [2.24, 2.45) is 4.99 Å². The van der Waals surface area contributed by atoms with Crippen molar-refractivity contribution >= 4 is 28.4 Å². The average Bonchev–Trinajstić information content (AvgIpc) is 3.03. The van der Waals surface area contributed by atoms with Crippen molar-refractivity contribution in [3.8, 4) is 16.2 Å². The summed E-state index contributed by atoms with van der Waals surface area (Å²) in [5.74, 6) is 0.156. The fraction of sp³-hybridized carbons (Fsp3) is 0. The van der Waals surface area contributed by atoms with Gasteiger partial charge in [0.2, 0.25) is 5.13 Å². The first-order valence-corrected chi connectivity index (χ1v) is 7.48.